The molecule has 2 rings (SSSR count). The highest BCUT2D eigenvalue weighted by Crippen LogP contribution is 2.32. The SMILES string of the molecule is CC1CCC(C(N)=O)CN1c1ccccc1[C@H](C)O. The highest BCUT2D eigenvalue weighted by molar-refractivity contribution is 5.78. The zero-order valence-electron chi connectivity index (χ0n) is 11.5. The molecule has 3 N–H and O–H groups in total. The van der Waals surface area contributed by atoms with Crippen LogP contribution in [0.2, 0.25) is 0 Å². The molecule has 19 heavy (non-hydrogen) atoms. The summed E-state index contributed by atoms with van der Waals surface area (Å²) >= 11 is 0. The molecule has 1 aliphatic rings. The number of anilines is 1. The Hall–Kier alpha value is -1.55. The summed E-state index contributed by atoms with van der Waals surface area (Å²) in [4.78, 5) is 13.6. The van der Waals surface area contributed by atoms with Crippen LogP contribution < -0.4 is 10.6 Å². The van der Waals surface area contributed by atoms with E-state index in [1.54, 1.807) is 6.92 Å². The van der Waals surface area contributed by atoms with Crippen molar-refractivity contribution in [3.05, 3.63) is 29.8 Å². The van der Waals surface area contributed by atoms with E-state index in [4.69, 9.17) is 5.73 Å². The van der Waals surface area contributed by atoms with Gasteiger partial charge in [-0.15, -0.1) is 0 Å². The number of amides is 1. The zero-order chi connectivity index (χ0) is 14.0. The van der Waals surface area contributed by atoms with Crippen LogP contribution in [0, 0.1) is 5.92 Å². The second-order valence-corrected chi connectivity index (χ2v) is 5.41. The minimum Gasteiger partial charge on any atom is -0.389 e. The molecule has 1 aromatic carbocycles. The molecule has 1 aromatic rings. The van der Waals surface area contributed by atoms with Crippen LogP contribution in [0.1, 0.15) is 38.4 Å². The van der Waals surface area contributed by atoms with E-state index in [2.05, 4.69) is 11.8 Å². The number of nitrogens with two attached hydrogens (primary N) is 1. The van der Waals surface area contributed by atoms with Gasteiger partial charge in [-0.2, -0.15) is 0 Å². The Balaban J connectivity index is 2.31. The van der Waals surface area contributed by atoms with Gasteiger partial charge in [-0.3, -0.25) is 4.79 Å². The van der Waals surface area contributed by atoms with E-state index < -0.39 is 6.10 Å². The molecule has 3 atom stereocenters. The van der Waals surface area contributed by atoms with Crippen molar-refractivity contribution < 1.29 is 9.90 Å². The van der Waals surface area contributed by atoms with Crippen LogP contribution in [0.5, 0.6) is 0 Å². The van der Waals surface area contributed by atoms with E-state index in [0.717, 1.165) is 24.1 Å². The van der Waals surface area contributed by atoms with Crippen molar-refractivity contribution in [3.63, 3.8) is 0 Å². The minimum atomic E-state index is -0.516. The van der Waals surface area contributed by atoms with Crippen molar-refractivity contribution in [3.8, 4) is 0 Å². The normalized spacial score (nSPS) is 25.1. The Bertz CT molecular complexity index is 459. The van der Waals surface area contributed by atoms with Gasteiger partial charge in [-0.1, -0.05) is 18.2 Å². The number of benzene rings is 1. The number of primary amides is 1. The van der Waals surface area contributed by atoms with E-state index in [1.807, 2.05) is 24.3 Å². The first-order chi connectivity index (χ1) is 9.00. The van der Waals surface area contributed by atoms with Crippen molar-refractivity contribution in [1.29, 1.82) is 0 Å². The summed E-state index contributed by atoms with van der Waals surface area (Å²) in [5.41, 5.74) is 7.35. The van der Waals surface area contributed by atoms with Gasteiger partial charge in [0.25, 0.3) is 0 Å². The average molecular weight is 262 g/mol. The number of aliphatic hydroxyl groups excluding tert-OH is 1. The predicted octanol–water partition coefficient (Wildman–Crippen LogP) is 1.83. The molecule has 0 radical (unpaired) electrons. The van der Waals surface area contributed by atoms with Crippen molar-refractivity contribution >= 4 is 11.6 Å². The number of piperidine rings is 1. The maximum Gasteiger partial charge on any atom is 0.222 e. The van der Waals surface area contributed by atoms with Gasteiger partial charge in [0, 0.05) is 23.8 Å². The van der Waals surface area contributed by atoms with E-state index in [1.165, 1.54) is 0 Å². The fourth-order valence-electron chi connectivity index (χ4n) is 2.78. The van der Waals surface area contributed by atoms with Gasteiger partial charge in [0.15, 0.2) is 0 Å². The van der Waals surface area contributed by atoms with Gasteiger partial charge in [0.05, 0.1) is 12.0 Å². The first kappa shape index (κ1) is 13.9. The van der Waals surface area contributed by atoms with E-state index in [9.17, 15) is 9.90 Å². The summed E-state index contributed by atoms with van der Waals surface area (Å²) in [5, 5.41) is 9.88. The molecular formula is C15H22N2O2. The van der Waals surface area contributed by atoms with Crippen LogP contribution in [-0.2, 0) is 4.79 Å². The monoisotopic (exact) mass is 262 g/mol. The summed E-state index contributed by atoms with van der Waals surface area (Å²) in [6, 6.07) is 8.17. The molecule has 1 fully saturated rings. The molecule has 4 nitrogen and oxygen atoms in total. The second-order valence-electron chi connectivity index (χ2n) is 5.41. The number of nitrogens with zero attached hydrogens (tertiary/aromatic N) is 1. The summed E-state index contributed by atoms with van der Waals surface area (Å²) in [5.74, 6) is -0.329. The van der Waals surface area contributed by atoms with Gasteiger partial charge in [0.1, 0.15) is 0 Å². The molecule has 2 unspecified atom stereocenters. The fraction of sp³-hybridized carbons (Fsp3) is 0.533. The lowest BCUT2D eigenvalue weighted by atomic mass is 9.91. The summed E-state index contributed by atoms with van der Waals surface area (Å²) in [6.07, 6.45) is 1.28. The van der Waals surface area contributed by atoms with E-state index in [-0.39, 0.29) is 11.8 Å². The lowest BCUT2D eigenvalue weighted by Gasteiger charge is -2.40. The summed E-state index contributed by atoms with van der Waals surface area (Å²) in [7, 11) is 0. The Labute approximate surface area is 114 Å². The number of hydrogen-bond donors (Lipinski definition) is 2. The average Bonchev–Trinajstić information content (AvgIpc) is 2.39. The molecule has 1 heterocycles. The Morgan fingerprint density at radius 2 is 2.11 bits per heavy atom. The number of hydrogen-bond acceptors (Lipinski definition) is 3. The zero-order valence-corrected chi connectivity index (χ0v) is 11.5. The maximum absolute atomic E-state index is 11.4. The first-order valence-electron chi connectivity index (χ1n) is 6.83. The van der Waals surface area contributed by atoms with Gasteiger partial charge in [-0.05, 0) is 32.8 Å². The third-order valence-corrected chi connectivity index (χ3v) is 3.98. The molecule has 0 aromatic heterocycles. The lowest BCUT2D eigenvalue weighted by molar-refractivity contribution is -0.122. The van der Waals surface area contributed by atoms with Crippen LogP contribution in [0.25, 0.3) is 0 Å². The Morgan fingerprint density at radius 1 is 1.42 bits per heavy atom. The third-order valence-electron chi connectivity index (χ3n) is 3.98. The van der Waals surface area contributed by atoms with Crippen LogP contribution in [0.3, 0.4) is 0 Å². The number of carbonyl (C=O) groups excluding carboxylic acids is 1. The van der Waals surface area contributed by atoms with Crippen LogP contribution >= 0.6 is 0 Å². The number of carbonyl (C=O) groups is 1. The molecule has 0 bridgehead atoms. The summed E-state index contributed by atoms with van der Waals surface area (Å²) < 4.78 is 0. The smallest absolute Gasteiger partial charge is 0.222 e. The summed E-state index contributed by atoms with van der Waals surface area (Å²) in [6.45, 7) is 4.55. The van der Waals surface area contributed by atoms with Gasteiger partial charge < -0.3 is 15.7 Å². The minimum absolute atomic E-state index is 0.0988. The molecule has 1 aliphatic heterocycles. The topological polar surface area (TPSA) is 66.6 Å². The van der Waals surface area contributed by atoms with E-state index >= 15 is 0 Å². The van der Waals surface area contributed by atoms with Gasteiger partial charge in [0.2, 0.25) is 5.91 Å². The highest BCUT2D eigenvalue weighted by atomic mass is 16.3. The molecule has 0 aliphatic carbocycles. The quantitative estimate of drug-likeness (QED) is 0.873. The van der Waals surface area contributed by atoms with E-state index in [0.29, 0.717) is 12.6 Å². The lowest BCUT2D eigenvalue weighted by Crippen LogP contribution is -2.46. The van der Waals surface area contributed by atoms with Crippen LogP contribution in [0.4, 0.5) is 5.69 Å². The number of aliphatic hydroxyl groups is 1. The van der Waals surface area contributed by atoms with Crippen LogP contribution in [-0.4, -0.2) is 23.6 Å². The van der Waals surface area contributed by atoms with Gasteiger partial charge in [-0.25, -0.2) is 0 Å². The number of para-hydroxylation sites is 1. The highest BCUT2D eigenvalue weighted by Gasteiger charge is 2.30. The standard InChI is InChI=1S/C15H22N2O2/c1-10-7-8-12(15(16)19)9-17(10)14-6-4-3-5-13(14)11(2)18/h3-6,10-12,18H,7-9H2,1-2H3,(H2,16,19)/t10?,11-,12?/m0/s1. The number of rotatable bonds is 3. The van der Waals surface area contributed by atoms with Crippen molar-refractivity contribution in [2.24, 2.45) is 11.7 Å². The molecule has 1 amide bonds. The Morgan fingerprint density at radius 3 is 2.74 bits per heavy atom. The van der Waals surface area contributed by atoms with Crippen molar-refractivity contribution in [2.45, 2.75) is 38.8 Å². The molecular weight excluding hydrogens is 240 g/mol. The molecule has 1 saturated heterocycles. The Kier molecular flexibility index (Phi) is 4.10. The van der Waals surface area contributed by atoms with Crippen LogP contribution in [0.15, 0.2) is 24.3 Å². The van der Waals surface area contributed by atoms with Crippen molar-refractivity contribution in [2.75, 3.05) is 11.4 Å². The second kappa shape index (κ2) is 5.61. The largest absolute Gasteiger partial charge is 0.389 e. The maximum atomic E-state index is 11.4. The molecule has 0 spiro atoms. The molecule has 0 saturated carbocycles. The molecule has 104 valence electrons. The first-order valence-corrected chi connectivity index (χ1v) is 6.83. The fourth-order valence-corrected chi connectivity index (χ4v) is 2.78. The molecule has 4 heteroatoms. The third kappa shape index (κ3) is 2.89. The van der Waals surface area contributed by atoms with Gasteiger partial charge >= 0.3 is 0 Å². The van der Waals surface area contributed by atoms with Crippen molar-refractivity contribution in [1.82, 2.24) is 0 Å². The predicted molar refractivity (Wildman–Crippen MR) is 75.8 cm³/mol.